The minimum absolute atomic E-state index is 0.0671. The molecule has 0 aliphatic carbocycles. The van der Waals surface area contributed by atoms with Crippen molar-refractivity contribution in [1.82, 2.24) is 15.4 Å². The number of nitrogens with zero attached hydrogens (tertiary/aromatic N) is 2. The van der Waals surface area contributed by atoms with Crippen LogP contribution < -0.4 is 10.6 Å². The molecule has 1 aromatic heterocycles. The molecule has 1 aliphatic rings. The molecule has 0 saturated carbocycles. The second-order valence-electron chi connectivity index (χ2n) is 6.94. The van der Waals surface area contributed by atoms with Gasteiger partial charge < -0.3 is 20.1 Å². The number of benzene rings is 1. The average Bonchev–Trinajstić information content (AvgIpc) is 3.00. The first-order valence-corrected chi connectivity index (χ1v) is 9.35. The Labute approximate surface area is 159 Å². The van der Waals surface area contributed by atoms with Crippen LogP contribution in [-0.4, -0.2) is 41.1 Å². The largest absolute Gasteiger partial charge is 0.359 e. The molecule has 3 amide bonds. The summed E-state index contributed by atoms with van der Waals surface area (Å²) in [5.41, 5.74) is 2.47. The molecule has 7 nitrogen and oxygen atoms in total. The van der Waals surface area contributed by atoms with Crippen molar-refractivity contribution < 1.29 is 14.1 Å². The molecule has 0 atom stereocenters. The highest BCUT2D eigenvalue weighted by Gasteiger charge is 2.25. The van der Waals surface area contributed by atoms with Gasteiger partial charge in [-0.1, -0.05) is 35.5 Å². The first-order chi connectivity index (χ1) is 13.0. The Kier molecular flexibility index (Phi) is 6.11. The zero-order valence-corrected chi connectivity index (χ0v) is 15.8. The van der Waals surface area contributed by atoms with Gasteiger partial charge in [0.15, 0.2) is 5.76 Å². The molecule has 1 aliphatic heterocycles. The van der Waals surface area contributed by atoms with E-state index in [0.29, 0.717) is 36.7 Å². The second-order valence-corrected chi connectivity index (χ2v) is 6.94. The Morgan fingerprint density at radius 3 is 2.52 bits per heavy atom. The summed E-state index contributed by atoms with van der Waals surface area (Å²) < 4.78 is 5.07. The van der Waals surface area contributed by atoms with E-state index in [1.165, 1.54) is 5.56 Å². The van der Waals surface area contributed by atoms with Gasteiger partial charge in [0, 0.05) is 25.6 Å². The molecule has 0 spiro atoms. The minimum Gasteiger partial charge on any atom is -0.359 e. The number of nitrogens with one attached hydrogen (secondary N) is 2. The number of likely N-dealkylation sites (tertiary alicyclic amines) is 1. The monoisotopic (exact) mass is 370 g/mol. The standard InChI is InChI=1S/C20H26N4O3/c1-14-19(15(2)27-23-14)22-20(26)24-12-10-17(11-13-24)21-18(25)9-8-16-6-4-3-5-7-16/h3-7,17H,8-13H2,1-2H3,(H,21,25)(H,22,26). The van der Waals surface area contributed by atoms with Gasteiger partial charge in [-0.05, 0) is 38.7 Å². The van der Waals surface area contributed by atoms with Crippen molar-refractivity contribution in [3.05, 3.63) is 47.3 Å². The number of rotatable bonds is 5. The minimum atomic E-state index is -0.154. The summed E-state index contributed by atoms with van der Waals surface area (Å²) in [4.78, 5) is 26.3. The Hall–Kier alpha value is -2.83. The highest BCUT2D eigenvalue weighted by atomic mass is 16.5. The van der Waals surface area contributed by atoms with Gasteiger partial charge in [-0.25, -0.2) is 4.79 Å². The van der Waals surface area contributed by atoms with Gasteiger partial charge in [-0.3, -0.25) is 4.79 Å². The topological polar surface area (TPSA) is 87.5 Å². The number of carbonyl (C=O) groups is 2. The van der Waals surface area contributed by atoms with E-state index in [1.54, 1.807) is 18.7 Å². The van der Waals surface area contributed by atoms with Crippen LogP contribution in [0.5, 0.6) is 0 Å². The number of urea groups is 1. The molecular formula is C20H26N4O3. The summed E-state index contributed by atoms with van der Waals surface area (Å²) in [6.45, 7) is 4.79. The number of aromatic nitrogens is 1. The summed E-state index contributed by atoms with van der Waals surface area (Å²) in [6, 6.07) is 9.97. The molecule has 1 aromatic carbocycles. The molecule has 0 bridgehead atoms. The lowest BCUT2D eigenvalue weighted by Crippen LogP contribution is -2.47. The van der Waals surface area contributed by atoms with Gasteiger partial charge in [0.2, 0.25) is 5.91 Å². The van der Waals surface area contributed by atoms with Gasteiger partial charge in [0.1, 0.15) is 11.4 Å². The molecule has 2 heterocycles. The quantitative estimate of drug-likeness (QED) is 0.847. The fourth-order valence-corrected chi connectivity index (χ4v) is 3.28. The van der Waals surface area contributed by atoms with Gasteiger partial charge >= 0.3 is 6.03 Å². The van der Waals surface area contributed by atoms with Crippen molar-refractivity contribution in [2.75, 3.05) is 18.4 Å². The smallest absolute Gasteiger partial charge is 0.321 e. The Morgan fingerprint density at radius 1 is 1.19 bits per heavy atom. The molecule has 0 unspecified atom stereocenters. The third-order valence-corrected chi connectivity index (χ3v) is 4.90. The first-order valence-electron chi connectivity index (χ1n) is 9.35. The van der Waals surface area contributed by atoms with E-state index in [1.807, 2.05) is 30.3 Å². The molecule has 3 rings (SSSR count). The fraction of sp³-hybridized carbons (Fsp3) is 0.450. The number of hydrogen-bond donors (Lipinski definition) is 2. The molecule has 7 heteroatoms. The molecule has 1 saturated heterocycles. The highest BCUT2D eigenvalue weighted by Crippen LogP contribution is 2.20. The summed E-state index contributed by atoms with van der Waals surface area (Å²) >= 11 is 0. The molecular weight excluding hydrogens is 344 g/mol. The maximum Gasteiger partial charge on any atom is 0.321 e. The van der Waals surface area contributed by atoms with Crippen molar-refractivity contribution in [2.24, 2.45) is 0 Å². The van der Waals surface area contributed by atoms with Crippen LogP contribution in [0.4, 0.5) is 10.5 Å². The van der Waals surface area contributed by atoms with Crippen molar-refractivity contribution in [1.29, 1.82) is 0 Å². The zero-order valence-electron chi connectivity index (χ0n) is 15.8. The Bertz CT molecular complexity index is 760. The number of amides is 3. The maximum atomic E-state index is 12.4. The number of anilines is 1. The van der Waals surface area contributed by atoms with E-state index in [-0.39, 0.29) is 18.0 Å². The van der Waals surface area contributed by atoms with Gasteiger partial charge in [0.05, 0.1) is 0 Å². The normalized spacial score (nSPS) is 14.8. The number of carbonyl (C=O) groups excluding carboxylic acids is 2. The SMILES string of the molecule is Cc1noc(C)c1NC(=O)N1CCC(NC(=O)CCc2ccccc2)CC1. The highest BCUT2D eigenvalue weighted by molar-refractivity contribution is 5.90. The third kappa shape index (κ3) is 5.09. The number of piperidine rings is 1. The predicted octanol–water partition coefficient (Wildman–Crippen LogP) is 3.04. The van der Waals surface area contributed by atoms with E-state index >= 15 is 0 Å². The predicted molar refractivity (Wildman–Crippen MR) is 102 cm³/mol. The van der Waals surface area contributed by atoms with Crippen LogP contribution in [0.25, 0.3) is 0 Å². The van der Waals surface area contributed by atoms with Crippen molar-refractivity contribution in [3.63, 3.8) is 0 Å². The molecule has 2 aromatic rings. The van der Waals surface area contributed by atoms with E-state index in [4.69, 9.17) is 4.52 Å². The lowest BCUT2D eigenvalue weighted by atomic mass is 10.0. The molecule has 2 N–H and O–H groups in total. The van der Waals surface area contributed by atoms with Gasteiger partial charge in [0.25, 0.3) is 0 Å². The molecule has 0 radical (unpaired) electrons. The molecule has 1 fully saturated rings. The van der Waals surface area contributed by atoms with Crippen LogP contribution in [-0.2, 0) is 11.2 Å². The lowest BCUT2D eigenvalue weighted by Gasteiger charge is -2.32. The van der Waals surface area contributed by atoms with Crippen molar-refractivity contribution >= 4 is 17.6 Å². The van der Waals surface area contributed by atoms with Crippen LogP contribution in [0.15, 0.2) is 34.9 Å². The lowest BCUT2D eigenvalue weighted by molar-refractivity contribution is -0.122. The van der Waals surface area contributed by atoms with Gasteiger partial charge in [-0.2, -0.15) is 0 Å². The second kappa shape index (κ2) is 8.70. The Balaban J connectivity index is 1.40. The first kappa shape index (κ1) is 18.9. The van der Waals surface area contributed by atoms with E-state index in [0.717, 1.165) is 19.3 Å². The van der Waals surface area contributed by atoms with E-state index in [2.05, 4.69) is 15.8 Å². The van der Waals surface area contributed by atoms with Crippen LogP contribution in [0.3, 0.4) is 0 Å². The summed E-state index contributed by atoms with van der Waals surface area (Å²) in [6.07, 6.45) is 2.74. The Morgan fingerprint density at radius 2 is 1.89 bits per heavy atom. The fourth-order valence-electron chi connectivity index (χ4n) is 3.28. The van der Waals surface area contributed by atoms with Crippen LogP contribution >= 0.6 is 0 Å². The van der Waals surface area contributed by atoms with Crippen molar-refractivity contribution in [3.8, 4) is 0 Å². The maximum absolute atomic E-state index is 12.4. The third-order valence-electron chi connectivity index (χ3n) is 4.90. The summed E-state index contributed by atoms with van der Waals surface area (Å²) in [7, 11) is 0. The van der Waals surface area contributed by atoms with Crippen LogP contribution in [0.1, 0.15) is 36.3 Å². The number of hydrogen-bond acceptors (Lipinski definition) is 4. The molecule has 144 valence electrons. The van der Waals surface area contributed by atoms with Crippen molar-refractivity contribution in [2.45, 2.75) is 45.6 Å². The zero-order chi connectivity index (χ0) is 19.2. The van der Waals surface area contributed by atoms with E-state index in [9.17, 15) is 9.59 Å². The van der Waals surface area contributed by atoms with Crippen LogP contribution in [0, 0.1) is 13.8 Å². The number of aryl methyl sites for hydroxylation is 3. The van der Waals surface area contributed by atoms with Gasteiger partial charge in [-0.15, -0.1) is 0 Å². The average molecular weight is 370 g/mol. The summed E-state index contributed by atoms with van der Waals surface area (Å²) in [5, 5.41) is 9.80. The van der Waals surface area contributed by atoms with Crippen LogP contribution in [0.2, 0.25) is 0 Å². The molecule has 27 heavy (non-hydrogen) atoms. The summed E-state index contributed by atoms with van der Waals surface area (Å²) in [5.74, 6) is 0.666. The van der Waals surface area contributed by atoms with E-state index < -0.39 is 0 Å².